The summed E-state index contributed by atoms with van der Waals surface area (Å²) in [6, 6.07) is 7.37. The highest BCUT2D eigenvalue weighted by Crippen LogP contribution is 2.32. The highest BCUT2D eigenvalue weighted by molar-refractivity contribution is 7.10. The van der Waals surface area contributed by atoms with Crippen LogP contribution in [0.2, 0.25) is 5.02 Å². The summed E-state index contributed by atoms with van der Waals surface area (Å²) in [7, 11) is 1.29. The van der Waals surface area contributed by atoms with Gasteiger partial charge in [0.05, 0.1) is 12.0 Å². The summed E-state index contributed by atoms with van der Waals surface area (Å²) in [5, 5.41) is 12.2. The number of rotatable bonds is 3. The first-order chi connectivity index (χ1) is 8.61. The third-order valence-electron chi connectivity index (χ3n) is 2.52. The number of hydrogen-bond acceptors (Lipinski definition) is 4. The molecule has 0 atom stereocenters. The van der Waals surface area contributed by atoms with Crippen molar-refractivity contribution in [2.45, 2.75) is 6.42 Å². The highest BCUT2D eigenvalue weighted by atomic mass is 35.5. The normalized spacial score (nSPS) is 10.3. The molecule has 18 heavy (non-hydrogen) atoms. The van der Waals surface area contributed by atoms with Crippen LogP contribution in [0.4, 0.5) is 0 Å². The molecule has 0 aliphatic heterocycles. The van der Waals surface area contributed by atoms with Gasteiger partial charge in [-0.15, -0.1) is 11.3 Å². The zero-order valence-corrected chi connectivity index (χ0v) is 11.2. The predicted molar refractivity (Wildman–Crippen MR) is 71.6 cm³/mol. The van der Waals surface area contributed by atoms with E-state index in [0.717, 1.165) is 10.4 Å². The second-order valence-electron chi connectivity index (χ2n) is 3.72. The minimum Gasteiger partial charge on any atom is -0.506 e. The summed E-state index contributed by atoms with van der Waals surface area (Å²) < 4.78 is 4.59. The monoisotopic (exact) mass is 282 g/mol. The van der Waals surface area contributed by atoms with Crippen molar-refractivity contribution in [1.29, 1.82) is 0 Å². The van der Waals surface area contributed by atoms with Gasteiger partial charge in [-0.1, -0.05) is 23.7 Å². The summed E-state index contributed by atoms with van der Waals surface area (Å²) in [6.07, 6.45) is 0.560. The van der Waals surface area contributed by atoms with Gasteiger partial charge in [-0.3, -0.25) is 0 Å². The molecule has 2 aromatic rings. The molecule has 0 amide bonds. The number of carbonyl (C=O) groups excluding carboxylic acids is 1. The van der Waals surface area contributed by atoms with E-state index in [1.54, 1.807) is 17.5 Å². The van der Waals surface area contributed by atoms with Gasteiger partial charge in [0, 0.05) is 16.8 Å². The molecule has 5 heteroatoms. The fourth-order valence-corrected chi connectivity index (χ4v) is 2.63. The molecule has 0 radical (unpaired) electrons. The lowest BCUT2D eigenvalue weighted by molar-refractivity contribution is 0.0598. The quantitative estimate of drug-likeness (QED) is 0.877. The topological polar surface area (TPSA) is 46.5 Å². The number of thiophene rings is 1. The van der Waals surface area contributed by atoms with Crippen LogP contribution in [0.15, 0.2) is 29.6 Å². The fourth-order valence-electron chi connectivity index (χ4n) is 1.56. The van der Waals surface area contributed by atoms with Crippen LogP contribution in [-0.4, -0.2) is 18.2 Å². The van der Waals surface area contributed by atoms with Gasteiger partial charge in [0.25, 0.3) is 0 Å². The van der Waals surface area contributed by atoms with Crippen molar-refractivity contribution in [1.82, 2.24) is 0 Å². The Balaban J connectivity index is 2.22. The summed E-state index contributed by atoms with van der Waals surface area (Å²) in [4.78, 5) is 12.1. The van der Waals surface area contributed by atoms with E-state index in [1.807, 2.05) is 12.1 Å². The number of esters is 1. The summed E-state index contributed by atoms with van der Waals surface area (Å²) >= 11 is 7.14. The van der Waals surface area contributed by atoms with E-state index in [4.69, 9.17) is 11.6 Å². The Labute approximate surface area is 114 Å². The molecular formula is C13H11ClO3S. The maximum atomic E-state index is 11.4. The van der Waals surface area contributed by atoms with E-state index in [2.05, 4.69) is 4.74 Å². The molecule has 0 saturated heterocycles. The molecule has 0 saturated carbocycles. The molecule has 1 aromatic carbocycles. The molecular weight excluding hydrogens is 272 g/mol. The fraction of sp³-hybridized carbons (Fsp3) is 0.154. The van der Waals surface area contributed by atoms with Gasteiger partial charge in [0.1, 0.15) is 11.3 Å². The Hall–Kier alpha value is -1.52. The van der Waals surface area contributed by atoms with Gasteiger partial charge in [0.15, 0.2) is 0 Å². The minimum atomic E-state index is -0.522. The van der Waals surface area contributed by atoms with Crippen LogP contribution in [0.1, 0.15) is 20.8 Å². The number of halogens is 1. The molecule has 3 nitrogen and oxygen atoms in total. The zero-order valence-electron chi connectivity index (χ0n) is 9.64. The van der Waals surface area contributed by atoms with E-state index >= 15 is 0 Å². The number of methoxy groups -OCH3 is 1. The lowest BCUT2D eigenvalue weighted by Gasteiger charge is -2.01. The molecule has 94 valence electrons. The average Bonchev–Trinajstić information content (AvgIpc) is 2.73. The SMILES string of the molecule is COC(=O)c1csc(Cc2ccc(Cl)cc2)c1O. The average molecular weight is 283 g/mol. The summed E-state index contributed by atoms with van der Waals surface area (Å²) in [5.41, 5.74) is 1.24. The number of carbonyl (C=O) groups is 1. The first kappa shape index (κ1) is 12.9. The van der Waals surface area contributed by atoms with Gasteiger partial charge in [-0.2, -0.15) is 0 Å². The van der Waals surface area contributed by atoms with E-state index in [0.29, 0.717) is 11.4 Å². The van der Waals surface area contributed by atoms with Crippen molar-refractivity contribution < 1.29 is 14.6 Å². The molecule has 0 unspecified atom stereocenters. The third-order valence-corrected chi connectivity index (χ3v) is 3.75. The molecule has 1 N–H and O–H groups in total. The van der Waals surface area contributed by atoms with Gasteiger partial charge in [-0.25, -0.2) is 4.79 Å². The third kappa shape index (κ3) is 2.66. The van der Waals surface area contributed by atoms with Crippen molar-refractivity contribution in [3.63, 3.8) is 0 Å². The Bertz CT molecular complexity index is 560. The lowest BCUT2D eigenvalue weighted by Crippen LogP contribution is -1.99. The molecule has 0 aliphatic rings. The summed E-state index contributed by atoms with van der Waals surface area (Å²) in [5.74, 6) is -0.520. The molecule has 2 rings (SSSR count). The van der Waals surface area contributed by atoms with Crippen molar-refractivity contribution in [2.24, 2.45) is 0 Å². The Morgan fingerprint density at radius 2 is 2.06 bits per heavy atom. The standard InChI is InChI=1S/C13H11ClO3S/c1-17-13(16)10-7-18-11(12(10)15)6-8-2-4-9(14)5-3-8/h2-5,7,15H,6H2,1H3. The number of hydrogen-bond donors (Lipinski definition) is 1. The smallest absolute Gasteiger partial charge is 0.342 e. The molecule has 0 fully saturated rings. The van der Waals surface area contributed by atoms with Crippen LogP contribution in [0.5, 0.6) is 5.75 Å². The Kier molecular flexibility index (Phi) is 3.89. The maximum Gasteiger partial charge on any atom is 0.342 e. The van der Waals surface area contributed by atoms with E-state index in [1.165, 1.54) is 18.4 Å². The predicted octanol–water partition coefficient (Wildman–Crippen LogP) is 3.48. The first-order valence-corrected chi connectivity index (χ1v) is 6.49. The zero-order chi connectivity index (χ0) is 13.1. The van der Waals surface area contributed by atoms with Gasteiger partial charge in [-0.05, 0) is 17.7 Å². The second-order valence-corrected chi connectivity index (χ2v) is 5.12. The first-order valence-electron chi connectivity index (χ1n) is 5.24. The van der Waals surface area contributed by atoms with E-state index in [-0.39, 0.29) is 11.3 Å². The number of aromatic hydroxyl groups is 1. The second kappa shape index (κ2) is 5.42. The van der Waals surface area contributed by atoms with Gasteiger partial charge >= 0.3 is 5.97 Å². The summed E-state index contributed by atoms with van der Waals surface area (Å²) in [6.45, 7) is 0. The van der Waals surface area contributed by atoms with Crippen LogP contribution in [0, 0.1) is 0 Å². The van der Waals surface area contributed by atoms with Crippen LogP contribution >= 0.6 is 22.9 Å². The largest absolute Gasteiger partial charge is 0.506 e. The van der Waals surface area contributed by atoms with Crippen LogP contribution in [0.25, 0.3) is 0 Å². The maximum absolute atomic E-state index is 11.4. The van der Waals surface area contributed by atoms with Crippen molar-refractivity contribution in [3.8, 4) is 5.75 Å². The van der Waals surface area contributed by atoms with Crippen LogP contribution in [-0.2, 0) is 11.2 Å². The molecule has 1 aromatic heterocycles. The number of ether oxygens (including phenoxy) is 1. The highest BCUT2D eigenvalue weighted by Gasteiger charge is 2.17. The number of benzene rings is 1. The van der Waals surface area contributed by atoms with Gasteiger partial charge < -0.3 is 9.84 Å². The molecule has 0 bridgehead atoms. The van der Waals surface area contributed by atoms with Crippen LogP contribution < -0.4 is 0 Å². The minimum absolute atomic E-state index is 0.00167. The Morgan fingerprint density at radius 3 is 2.67 bits per heavy atom. The molecule has 0 spiro atoms. The van der Waals surface area contributed by atoms with Crippen molar-refractivity contribution in [2.75, 3.05) is 7.11 Å². The van der Waals surface area contributed by atoms with Crippen molar-refractivity contribution in [3.05, 3.63) is 50.7 Å². The van der Waals surface area contributed by atoms with Crippen LogP contribution in [0.3, 0.4) is 0 Å². The van der Waals surface area contributed by atoms with E-state index in [9.17, 15) is 9.90 Å². The lowest BCUT2D eigenvalue weighted by atomic mass is 10.1. The molecule has 0 aliphatic carbocycles. The Morgan fingerprint density at radius 1 is 1.39 bits per heavy atom. The van der Waals surface area contributed by atoms with E-state index < -0.39 is 5.97 Å². The molecule has 1 heterocycles. The van der Waals surface area contributed by atoms with Gasteiger partial charge in [0.2, 0.25) is 0 Å². The van der Waals surface area contributed by atoms with Crippen molar-refractivity contribution >= 4 is 28.9 Å².